The molecular weight excluding hydrogens is 204 g/mol. The van der Waals surface area contributed by atoms with Gasteiger partial charge < -0.3 is 15.7 Å². The topological polar surface area (TPSA) is 67.8 Å². The second-order valence-corrected chi connectivity index (χ2v) is 4.09. The summed E-state index contributed by atoms with van der Waals surface area (Å²) in [4.78, 5) is 0. The van der Waals surface area contributed by atoms with E-state index in [1.165, 1.54) is 0 Å². The van der Waals surface area contributed by atoms with E-state index in [1.807, 2.05) is 18.2 Å². The molecule has 0 saturated carbocycles. The Morgan fingerprint density at radius 2 is 2.25 bits per heavy atom. The molecule has 0 aromatic heterocycles. The molecule has 0 heterocycles. The van der Waals surface area contributed by atoms with Crippen LogP contribution >= 0.6 is 0 Å². The highest BCUT2D eigenvalue weighted by Crippen LogP contribution is 2.07. The van der Waals surface area contributed by atoms with Crippen molar-refractivity contribution in [3.63, 3.8) is 0 Å². The summed E-state index contributed by atoms with van der Waals surface area (Å²) < 4.78 is 5.51. The number of nitrogens with two attached hydrogens (primary N) is 1. The second-order valence-electron chi connectivity index (χ2n) is 4.09. The van der Waals surface area contributed by atoms with E-state index >= 15 is 0 Å². The maximum Gasteiger partial charge on any atom is 0.170 e. The van der Waals surface area contributed by atoms with E-state index in [4.69, 9.17) is 15.7 Å². The van der Waals surface area contributed by atoms with Crippen molar-refractivity contribution in [1.82, 2.24) is 0 Å². The molecule has 88 valence electrons. The molecule has 1 rings (SSSR count). The van der Waals surface area contributed by atoms with Gasteiger partial charge in [0.15, 0.2) is 5.84 Å². The van der Waals surface area contributed by atoms with Crippen LogP contribution in [-0.4, -0.2) is 17.6 Å². The minimum Gasteiger partial charge on any atom is -0.409 e. The van der Waals surface area contributed by atoms with Crippen molar-refractivity contribution in [2.45, 2.75) is 20.5 Å². The zero-order chi connectivity index (χ0) is 12.0. The van der Waals surface area contributed by atoms with Crippen molar-refractivity contribution >= 4 is 5.84 Å². The molecule has 0 bridgehead atoms. The summed E-state index contributed by atoms with van der Waals surface area (Å²) in [6.07, 6.45) is 0. The Morgan fingerprint density at radius 1 is 1.50 bits per heavy atom. The Kier molecular flexibility index (Phi) is 4.79. The third-order valence-corrected chi connectivity index (χ3v) is 2.05. The predicted octanol–water partition coefficient (Wildman–Crippen LogP) is 1.95. The van der Waals surface area contributed by atoms with Gasteiger partial charge in [0.25, 0.3) is 0 Å². The number of rotatable bonds is 5. The number of amidine groups is 1. The van der Waals surface area contributed by atoms with Crippen LogP contribution in [0, 0.1) is 5.92 Å². The van der Waals surface area contributed by atoms with Crippen molar-refractivity contribution in [2.75, 3.05) is 6.61 Å². The number of ether oxygens (including phenoxy) is 1. The van der Waals surface area contributed by atoms with Gasteiger partial charge in [-0.05, 0) is 17.5 Å². The first-order chi connectivity index (χ1) is 7.63. The van der Waals surface area contributed by atoms with Gasteiger partial charge >= 0.3 is 0 Å². The molecule has 0 amide bonds. The summed E-state index contributed by atoms with van der Waals surface area (Å²) in [7, 11) is 0. The maximum absolute atomic E-state index is 8.56. The molecule has 3 N–H and O–H groups in total. The van der Waals surface area contributed by atoms with Gasteiger partial charge in [-0.1, -0.05) is 37.2 Å². The number of hydrogen-bond donors (Lipinski definition) is 2. The lowest BCUT2D eigenvalue weighted by molar-refractivity contribution is 0.0971. The first kappa shape index (κ1) is 12.5. The van der Waals surface area contributed by atoms with Gasteiger partial charge in [0.2, 0.25) is 0 Å². The van der Waals surface area contributed by atoms with Crippen molar-refractivity contribution < 1.29 is 9.94 Å². The van der Waals surface area contributed by atoms with E-state index in [9.17, 15) is 0 Å². The molecular formula is C12H18N2O2. The molecule has 1 aromatic rings. The van der Waals surface area contributed by atoms with Gasteiger partial charge in [-0.2, -0.15) is 0 Å². The van der Waals surface area contributed by atoms with Gasteiger partial charge in [0.1, 0.15) is 0 Å². The van der Waals surface area contributed by atoms with Gasteiger partial charge in [-0.25, -0.2) is 0 Å². The van der Waals surface area contributed by atoms with Crippen molar-refractivity contribution in [3.05, 3.63) is 35.4 Å². The quantitative estimate of drug-likeness (QED) is 0.346. The fourth-order valence-corrected chi connectivity index (χ4v) is 1.29. The van der Waals surface area contributed by atoms with Gasteiger partial charge in [-0.15, -0.1) is 0 Å². The molecule has 0 unspecified atom stereocenters. The van der Waals surface area contributed by atoms with Gasteiger partial charge in [0.05, 0.1) is 6.61 Å². The highest BCUT2D eigenvalue weighted by atomic mass is 16.5. The summed E-state index contributed by atoms with van der Waals surface area (Å²) in [6, 6.07) is 7.46. The molecule has 0 fully saturated rings. The van der Waals surface area contributed by atoms with Crippen molar-refractivity contribution in [3.8, 4) is 0 Å². The zero-order valence-electron chi connectivity index (χ0n) is 9.68. The number of oxime groups is 1. The van der Waals surface area contributed by atoms with Crippen LogP contribution in [0.3, 0.4) is 0 Å². The average Bonchev–Trinajstić information content (AvgIpc) is 2.28. The SMILES string of the molecule is CC(C)COCc1cccc(/C(N)=N/O)c1. The van der Waals surface area contributed by atoms with Crippen molar-refractivity contribution in [1.29, 1.82) is 0 Å². The molecule has 0 saturated heterocycles. The smallest absolute Gasteiger partial charge is 0.170 e. The molecule has 0 atom stereocenters. The van der Waals surface area contributed by atoms with Gasteiger partial charge in [-0.3, -0.25) is 0 Å². The van der Waals surface area contributed by atoms with E-state index in [-0.39, 0.29) is 5.84 Å². The largest absolute Gasteiger partial charge is 0.409 e. The Morgan fingerprint density at radius 3 is 2.88 bits per heavy atom. The maximum atomic E-state index is 8.56. The van der Waals surface area contributed by atoms with E-state index in [0.29, 0.717) is 18.1 Å². The highest BCUT2D eigenvalue weighted by Gasteiger charge is 2.01. The lowest BCUT2D eigenvalue weighted by Crippen LogP contribution is -2.13. The molecule has 16 heavy (non-hydrogen) atoms. The molecule has 1 aromatic carbocycles. The van der Waals surface area contributed by atoms with E-state index in [0.717, 1.165) is 12.2 Å². The average molecular weight is 222 g/mol. The van der Waals surface area contributed by atoms with Crippen LogP contribution in [0.1, 0.15) is 25.0 Å². The Hall–Kier alpha value is -1.55. The van der Waals surface area contributed by atoms with Crippen LogP contribution in [0.15, 0.2) is 29.4 Å². The monoisotopic (exact) mass is 222 g/mol. The van der Waals surface area contributed by atoms with Crippen LogP contribution in [-0.2, 0) is 11.3 Å². The number of benzene rings is 1. The fourth-order valence-electron chi connectivity index (χ4n) is 1.29. The minimum atomic E-state index is 0.116. The third kappa shape index (κ3) is 3.90. The van der Waals surface area contributed by atoms with Crippen LogP contribution in [0.25, 0.3) is 0 Å². The summed E-state index contributed by atoms with van der Waals surface area (Å²) in [5.74, 6) is 0.637. The Labute approximate surface area is 95.7 Å². The van der Waals surface area contributed by atoms with Gasteiger partial charge in [0, 0.05) is 12.2 Å². The van der Waals surface area contributed by atoms with E-state index in [2.05, 4.69) is 19.0 Å². The molecule has 0 aliphatic rings. The fraction of sp³-hybridized carbons (Fsp3) is 0.417. The molecule has 0 aliphatic carbocycles. The molecule has 0 spiro atoms. The first-order valence-corrected chi connectivity index (χ1v) is 5.28. The van der Waals surface area contributed by atoms with Crippen LogP contribution in [0.5, 0.6) is 0 Å². The Balaban J connectivity index is 2.61. The van der Waals surface area contributed by atoms with E-state index in [1.54, 1.807) is 6.07 Å². The molecule has 0 aliphatic heterocycles. The zero-order valence-corrected chi connectivity index (χ0v) is 9.68. The van der Waals surface area contributed by atoms with Crippen LogP contribution in [0.4, 0.5) is 0 Å². The molecule has 0 radical (unpaired) electrons. The summed E-state index contributed by atoms with van der Waals surface area (Å²) >= 11 is 0. The molecule has 4 heteroatoms. The first-order valence-electron chi connectivity index (χ1n) is 5.28. The third-order valence-electron chi connectivity index (χ3n) is 2.05. The van der Waals surface area contributed by atoms with Crippen LogP contribution in [0.2, 0.25) is 0 Å². The number of hydrogen-bond acceptors (Lipinski definition) is 3. The Bertz CT molecular complexity index is 362. The minimum absolute atomic E-state index is 0.116. The predicted molar refractivity (Wildman–Crippen MR) is 63.4 cm³/mol. The summed E-state index contributed by atoms with van der Waals surface area (Å²) in [5, 5.41) is 11.5. The van der Waals surface area contributed by atoms with Crippen molar-refractivity contribution in [2.24, 2.45) is 16.8 Å². The lowest BCUT2D eigenvalue weighted by atomic mass is 10.1. The summed E-state index contributed by atoms with van der Waals surface area (Å²) in [6.45, 7) is 5.48. The van der Waals surface area contributed by atoms with E-state index < -0.39 is 0 Å². The molecule has 4 nitrogen and oxygen atoms in total. The highest BCUT2D eigenvalue weighted by molar-refractivity contribution is 5.97. The second kappa shape index (κ2) is 6.12. The standard InChI is InChI=1S/C12H18N2O2/c1-9(2)7-16-8-10-4-3-5-11(6-10)12(13)14-15/h3-6,9,15H,7-8H2,1-2H3,(H2,13,14). The van der Waals surface area contributed by atoms with Crippen LogP contribution < -0.4 is 5.73 Å². The lowest BCUT2D eigenvalue weighted by Gasteiger charge is -2.07. The normalized spacial score (nSPS) is 12.1. The summed E-state index contributed by atoms with van der Waals surface area (Å²) in [5.41, 5.74) is 7.22. The number of nitrogens with zero attached hydrogens (tertiary/aromatic N) is 1.